The molecule has 0 unspecified atom stereocenters. The first-order valence-corrected chi connectivity index (χ1v) is 8.35. The summed E-state index contributed by atoms with van der Waals surface area (Å²) in [6.07, 6.45) is 11.6. The summed E-state index contributed by atoms with van der Waals surface area (Å²) in [5, 5.41) is 3.10. The minimum absolute atomic E-state index is 0.0230. The molecular weight excluding hydrogens is 252 g/mol. The van der Waals surface area contributed by atoms with Gasteiger partial charge in [0.05, 0.1) is 0 Å². The van der Waals surface area contributed by atoms with Gasteiger partial charge in [-0.15, -0.1) is 0 Å². The van der Waals surface area contributed by atoms with E-state index >= 15 is 0 Å². The SMILES string of the molecule is CCC(=O)N(C(=O)NC1CCCCC1)C1CCCCC1. The third-order valence-electron chi connectivity index (χ3n) is 4.66. The Labute approximate surface area is 122 Å². The van der Waals surface area contributed by atoms with Crippen LogP contribution in [0.15, 0.2) is 0 Å². The van der Waals surface area contributed by atoms with Crippen LogP contribution in [0.1, 0.15) is 77.6 Å². The molecule has 0 bridgehead atoms. The highest BCUT2D eigenvalue weighted by atomic mass is 16.2. The summed E-state index contributed by atoms with van der Waals surface area (Å²) in [5.41, 5.74) is 0. The Morgan fingerprint density at radius 3 is 2.05 bits per heavy atom. The van der Waals surface area contributed by atoms with Crippen molar-refractivity contribution in [3.8, 4) is 0 Å². The van der Waals surface area contributed by atoms with Gasteiger partial charge in [-0.1, -0.05) is 45.4 Å². The number of hydrogen-bond acceptors (Lipinski definition) is 2. The Balaban J connectivity index is 1.97. The number of imide groups is 1. The third kappa shape index (κ3) is 3.97. The average Bonchev–Trinajstić information content (AvgIpc) is 2.49. The maximum absolute atomic E-state index is 12.5. The van der Waals surface area contributed by atoms with E-state index in [1.54, 1.807) is 0 Å². The predicted molar refractivity (Wildman–Crippen MR) is 79.4 cm³/mol. The molecule has 114 valence electrons. The monoisotopic (exact) mass is 280 g/mol. The Kier molecular flexibility index (Phi) is 5.86. The molecular formula is C16H28N2O2. The minimum Gasteiger partial charge on any atom is -0.335 e. The number of carbonyl (C=O) groups is 2. The van der Waals surface area contributed by atoms with Crippen LogP contribution >= 0.6 is 0 Å². The van der Waals surface area contributed by atoms with Crippen LogP contribution in [0.5, 0.6) is 0 Å². The predicted octanol–water partition coefficient (Wildman–Crippen LogP) is 3.60. The first-order chi connectivity index (χ1) is 9.72. The van der Waals surface area contributed by atoms with Crippen molar-refractivity contribution >= 4 is 11.9 Å². The number of nitrogens with one attached hydrogen (secondary N) is 1. The Morgan fingerprint density at radius 2 is 1.50 bits per heavy atom. The van der Waals surface area contributed by atoms with Gasteiger partial charge in [0.15, 0.2) is 0 Å². The second kappa shape index (κ2) is 7.65. The molecule has 4 nitrogen and oxygen atoms in total. The standard InChI is InChI=1S/C16H28N2O2/c1-2-15(19)18(14-11-7-4-8-12-14)16(20)17-13-9-5-3-6-10-13/h13-14H,2-12H2,1H3,(H,17,20). The maximum atomic E-state index is 12.5. The van der Waals surface area contributed by atoms with Crippen LogP contribution in [-0.2, 0) is 4.79 Å². The number of nitrogens with zero attached hydrogens (tertiary/aromatic N) is 1. The summed E-state index contributed by atoms with van der Waals surface area (Å²) >= 11 is 0. The van der Waals surface area contributed by atoms with Crippen molar-refractivity contribution in [1.82, 2.24) is 10.2 Å². The first kappa shape index (κ1) is 15.3. The van der Waals surface area contributed by atoms with Crippen molar-refractivity contribution in [3.63, 3.8) is 0 Å². The number of rotatable bonds is 3. The van der Waals surface area contributed by atoms with Crippen molar-refractivity contribution in [2.24, 2.45) is 0 Å². The number of hydrogen-bond donors (Lipinski definition) is 1. The van der Waals surface area contributed by atoms with E-state index in [2.05, 4.69) is 5.32 Å². The van der Waals surface area contributed by atoms with Gasteiger partial charge in [-0.2, -0.15) is 0 Å². The largest absolute Gasteiger partial charge is 0.335 e. The van der Waals surface area contributed by atoms with Crippen LogP contribution in [0.4, 0.5) is 4.79 Å². The summed E-state index contributed by atoms with van der Waals surface area (Å²) in [4.78, 5) is 26.2. The van der Waals surface area contributed by atoms with Crippen molar-refractivity contribution in [2.45, 2.75) is 89.6 Å². The van der Waals surface area contributed by atoms with Gasteiger partial charge in [0, 0.05) is 18.5 Å². The van der Waals surface area contributed by atoms with Gasteiger partial charge in [0.25, 0.3) is 0 Å². The van der Waals surface area contributed by atoms with Crippen molar-refractivity contribution in [1.29, 1.82) is 0 Å². The molecule has 2 aliphatic rings. The van der Waals surface area contributed by atoms with Gasteiger partial charge in [0.2, 0.25) is 5.91 Å². The molecule has 0 aromatic rings. The molecule has 0 spiro atoms. The molecule has 0 saturated heterocycles. The molecule has 2 aliphatic carbocycles. The topological polar surface area (TPSA) is 49.4 Å². The van der Waals surface area contributed by atoms with Crippen molar-refractivity contribution in [3.05, 3.63) is 0 Å². The molecule has 0 heterocycles. The molecule has 1 N–H and O–H groups in total. The zero-order valence-electron chi connectivity index (χ0n) is 12.7. The molecule has 0 radical (unpaired) electrons. The fourth-order valence-corrected chi connectivity index (χ4v) is 3.48. The molecule has 0 aliphatic heterocycles. The zero-order chi connectivity index (χ0) is 14.4. The van der Waals surface area contributed by atoms with E-state index in [4.69, 9.17) is 0 Å². The normalized spacial score (nSPS) is 21.4. The minimum atomic E-state index is -0.143. The number of amides is 3. The molecule has 2 saturated carbocycles. The highest BCUT2D eigenvalue weighted by Crippen LogP contribution is 2.24. The summed E-state index contributed by atoms with van der Waals surface area (Å²) in [6.45, 7) is 1.84. The van der Waals surface area contributed by atoms with E-state index in [9.17, 15) is 9.59 Å². The van der Waals surface area contributed by atoms with Crippen molar-refractivity contribution < 1.29 is 9.59 Å². The lowest BCUT2D eigenvalue weighted by molar-refractivity contribution is -0.130. The van der Waals surface area contributed by atoms with E-state index in [1.807, 2.05) is 6.92 Å². The smallest absolute Gasteiger partial charge is 0.324 e. The highest BCUT2D eigenvalue weighted by Gasteiger charge is 2.31. The molecule has 2 fully saturated rings. The third-order valence-corrected chi connectivity index (χ3v) is 4.66. The quantitative estimate of drug-likeness (QED) is 0.858. The van der Waals surface area contributed by atoms with Crippen LogP contribution in [0.25, 0.3) is 0 Å². The summed E-state index contributed by atoms with van der Waals surface area (Å²) in [5.74, 6) is -0.0230. The zero-order valence-corrected chi connectivity index (χ0v) is 12.7. The van der Waals surface area contributed by atoms with E-state index in [0.717, 1.165) is 38.5 Å². The van der Waals surface area contributed by atoms with Crippen LogP contribution < -0.4 is 5.32 Å². The molecule has 0 atom stereocenters. The Morgan fingerprint density at radius 1 is 0.950 bits per heavy atom. The molecule has 0 aromatic carbocycles. The Hall–Kier alpha value is -1.06. The molecule has 3 amide bonds. The van der Waals surface area contributed by atoms with E-state index in [-0.39, 0.29) is 24.0 Å². The Bertz CT molecular complexity index is 331. The van der Waals surface area contributed by atoms with Gasteiger partial charge in [-0.25, -0.2) is 4.79 Å². The molecule has 2 rings (SSSR count). The average molecular weight is 280 g/mol. The van der Waals surface area contributed by atoms with Gasteiger partial charge >= 0.3 is 6.03 Å². The number of carbonyl (C=O) groups excluding carboxylic acids is 2. The second-order valence-electron chi connectivity index (χ2n) is 6.19. The van der Waals surface area contributed by atoms with Crippen LogP contribution in [0.2, 0.25) is 0 Å². The van der Waals surface area contributed by atoms with Gasteiger partial charge in [-0.3, -0.25) is 9.69 Å². The molecule has 0 aromatic heterocycles. The van der Waals surface area contributed by atoms with Gasteiger partial charge in [-0.05, 0) is 25.7 Å². The second-order valence-corrected chi connectivity index (χ2v) is 6.19. The van der Waals surface area contributed by atoms with E-state index in [0.29, 0.717) is 6.42 Å². The van der Waals surface area contributed by atoms with E-state index < -0.39 is 0 Å². The first-order valence-electron chi connectivity index (χ1n) is 8.35. The van der Waals surface area contributed by atoms with E-state index in [1.165, 1.54) is 30.6 Å². The summed E-state index contributed by atoms with van der Waals surface area (Å²) in [7, 11) is 0. The van der Waals surface area contributed by atoms with Crippen LogP contribution in [0.3, 0.4) is 0 Å². The number of urea groups is 1. The lowest BCUT2D eigenvalue weighted by Gasteiger charge is -2.34. The van der Waals surface area contributed by atoms with Crippen LogP contribution in [0, 0.1) is 0 Å². The maximum Gasteiger partial charge on any atom is 0.324 e. The summed E-state index contributed by atoms with van der Waals surface area (Å²) < 4.78 is 0. The highest BCUT2D eigenvalue weighted by molar-refractivity contribution is 5.94. The van der Waals surface area contributed by atoms with Gasteiger partial charge < -0.3 is 5.32 Å². The lowest BCUT2D eigenvalue weighted by atomic mass is 9.93. The molecule has 4 heteroatoms. The summed E-state index contributed by atoms with van der Waals surface area (Å²) in [6, 6.07) is 0.252. The fraction of sp³-hybridized carbons (Fsp3) is 0.875. The fourth-order valence-electron chi connectivity index (χ4n) is 3.48. The lowest BCUT2D eigenvalue weighted by Crippen LogP contribution is -2.52. The van der Waals surface area contributed by atoms with Crippen LogP contribution in [-0.4, -0.2) is 28.9 Å². The van der Waals surface area contributed by atoms with Gasteiger partial charge in [0.1, 0.15) is 0 Å². The van der Waals surface area contributed by atoms with Crippen molar-refractivity contribution in [2.75, 3.05) is 0 Å². The molecule has 20 heavy (non-hydrogen) atoms.